The van der Waals surface area contributed by atoms with Gasteiger partial charge in [-0.1, -0.05) is 6.07 Å². The average molecular weight is 314 g/mol. The predicted molar refractivity (Wildman–Crippen MR) is 82.2 cm³/mol. The second-order valence-electron chi connectivity index (χ2n) is 5.14. The molecular weight excluding hydrogens is 300 g/mol. The van der Waals surface area contributed by atoms with E-state index < -0.39 is 17.9 Å². The molecule has 0 aliphatic heterocycles. The lowest BCUT2D eigenvalue weighted by molar-refractivity contribution is 0.0681. The van der Waals surface area contributed by atoms with Gasteiger partial charge < -0.3 is 15.3 Å². The van der Waals surface area contributed by atoms with Crippen LogP contribution in [0.5, 0.6) is 0 Å². The Morgan fingerprint density at radius 1 is 0.739 bits per heavy atom. The van der Waals surface area contributed by atoms with E-state index in [0.717, 1.165) is 11.6 Å². The van der Waals surface area contributed by atoms with Crippen LogP contribution in [0.3, 0.4) is 0 Å². The van der Waals surface area contributed by atoms with Crippen LogP contribution in [0.4, 0.5) is 0 Å². The molecule has 2 aromatic rings. The van der Waals surface area contributed by atoms with Gasteiger partial charge in [0.05, 0.1) is 16.7 Å². The number of carboxylic acid groups (broad SMARTS) is 3. The number of aromatic carboxylic acids is 3. The van der Waals surface area contributed by atoms with Crippen LogP contribution in [-0.4, -0.2) is 33.2 Å². The van der Waals surface area contributed by atoms with Gasteiger partial charge in [-0.25, -0.2) is 14.4 Å². The maximum Gasteiger partial charge on any atom is 0.335 e. The first kappa shape index (κ1) is 16.2. The van der Waals surface area contributed by atoms with Crippen molar-refractivity contribution in [3.63, 3.8) is 0 Å². The van der Waals surface area contributed by atoms with E-state index in [-0.39, 0.29) is 16.7 Å². The Balaban J connectivity index is 2.82. The summed E-state index contributed by atoms with van der Waals surface area (Å²) in [5.41, 5.74) is 1.74. The Morgan fingerprint density at radius 3 is 1.83 bits per heavy atom. The SMILES string of the molecule is Cc1ccc(C(=O)O)cc1-c1cc(C(=O)O)cc(C(=O)O)c1C. The van der Waals surface area contributed by atoms with E-state index in [9.17, 15) is 24.6 Å². The van der Waals surface area contributed by atoms with Crippen molar-refractivity contribution in [3.8, 4) is 11.1 Å². The summed E-state index contributed by atoms with van der Waals surface area (Å²) in [6.45, 7) is 3.31. The third-order valence-corrected chi connectivity index (χ3v) is 3.66. The van der Waals surface area contributed by atoms with Gasteiger partial charge >= 0.3 is 17.9 Å². The highest BCUT2D eigenvalue weighted by Crippen LogP contribution is 2.31. The Bertz CT molecular complexity index is 835. The van der Waals surface area contributed by atoms with Crippen LogP contribution >= 0.6 is 0 Å². The van der Waals surface area contributed by atoms with E-state index >= 15 is 0 Å². The Kier molecular flexibility index (Phi) is 4.18. The van der Waals surface area contributed by atoms with Crippen LogP contribution in [0.2, 0.25) is 0 Å². The summed E-state index contributed by atoms with van der Waals surface area (Å²) in [6, 6.07) is 6.91. The second-order valence-corrected chi connectivity index (χ2v) is 5.14. The minimum absolute atomic E-state index is 0.0441. The molecule has 0 spiro atoms. The number of hydrogen-bond acceptors (Lipinski definition) is 3. The molecule has 0 saturated carbocycles. The molecule has 2 rings (SSSR count). The van der Waals surface area contributed by atoms with Gasteiger partial charge in [-0.05, 0) is 60.4 Å². The summed E-state index contributed by atoms with van der Waals surface area (Å²) in [5.74, 6) is -3.60. The first-order valence-electron chi connectivity index (χ1n) is 6.68. The van der Waals surface area contributed by atoms with E-state index in [4.69, 9.17) is 5.11 Å². The van der Waals surface area contributed by atoms with Gasteiger partial charge in [-0.2, -0.15) is 0 Å². The van der Waals surface area contributed by atoms with Crippen molar-refractivity contribution in [2.45, 2.75) is 13.8 Å². The highest BCUT2D eigenvalue weighted by molar-refractivity contribution is 5.98. The molecule has 0 bridgehead atoms. The standard InChI is InChI=1S/C17H14O6/c1-8-3-4-10(15(18)19)5-12(8)13-6-11(16(20)21)7-14(9(13)2)17(22)23/h3-7H,1-2H3,(H,18,19)(H,20,21)(H,22,23). The van der Waals surface area contributed by atoms with Crippen LogP contribution in [0.15, 0.2) is 30.3 Å². The summed E-state index contributed by atoms with van der Waals surface area (Å²) in [7, 11) is 0. The highest BCUT2D eigenvalue weighted by Gasteiger charge is 2.18. The van der Waals surface area contributed by atoms with Crippen molar-refractivity contribution >= 4 is 17.9 Å². The molecule has 118 valence electrons. The Labute approximate surface area is 131 Å². The minimum Gasteiger partial charge on any atom is -0.478 e. The minimum atomic E-state index is -1.25. The smallest absolute Gasteiger partial charge is 0.335 e. The van der Waals surface area contributed by atoms with Crippen LogP contribution in [0, 0.1) is 13.8 Å². The molecule has 6 nitrogen and oxygen atoms in total. The first-order chi connectivity index (χ1) is 10.7. The van der Waals surface area contributed by atoms with Gasteiger partial charge in [0.2, 0.25) is 0 Å². The van der Waals surface area contributed by atoms with Crippen LogP contribution in [0.1, 0.15) is 42.2 Å². The van der Waals surface area contributed by atoms with Crippen molar-refractivity contribution in [3.05, 3.63) is 58.1 Å². The summed E-state index contributed by atoms with van der Waals surface area (Å²) in [4.78, 5) is 33.7. The number of aryl methyl sites for hydroxylation is 1. The molecule has 2 aromatic carbocycles. The fourth-order valence-electron chi connectivity index (χ4n) is 2.38. The van der Waals surface area contributed by atoms with Gasteiger partial charge in [-0.3, -0.25) is 0 Å². The molecule has 23 heavy (non-hydrogen) atoms. The lowest BCUT2D eigenvalue weighted by atomic mass is 9.90. The number of carboxylic acids is 3. The second kappa shape index (κ2) is 5.92. The van der Waals surface area contributed by atoms with E-state index in [2.05, 4.69) is 0 Å². The average Bonchev–Trinajstić information content (AvgIpc) is 2.47. The van der Waals surface area contributed by atoms with Gasteiger partial charge in [0.15, 0.2) is 0 Å². The topological polar surface area (TPSA) is 112 Å². The zero-order valence-corrected chi connectivity index (χ0v) is 12.5. The van der Waals surface area contributed by atoms with E-state index in [1.807, 2.05) is 0 Å². The maximum atomic E-state index is 11.4. The van der Waals surface area contributed by atoms with E-state index in [1.165, 1.54) is 18.2 Å². The summed E-state index contributed by atoms with van der Waals surface area (Å²) >= 11 is 0. The zero-order chi connectivity index (χ0) is 17.3. The Morgan fingerprint density at radius 2 is 1.30 bits per heavy atom. The van der Waals surface area contributed by atoms with Gasteiger partial charge in [0.1, 0.15) is 0 Å². The lowest BCUT2D eigenvalue weighted by Gasteiger charge is -2.14. The number of hydrogen-bond donors (Lipinski definition) is 3. The quantitative estimate of drug-likeness (QED) is 0.799. The molecule has 0 atom stereocenters. The molecule has 0 amide bonds. The third-order valence-electron chi connectivity index (χ3n) is 3.66. The van der Waals surface area contributed by atoms with Crippen molar-refractivity contribution in [2.75, 3.05) is 0 Å². The van der Waals surface area contributed by atoms with Gasteiger partial charge in [0.25, 0.3) is 0 Å². The van der Waals surface area contributed by atoms with Gasteiger partial charge in [-0.15, -0.1) is 0 Å². The number of carbonyl (C=O) groups is 3. The van der Waals surface area contributed by atoms with E-state index in [0.29, 0.717) is 16.7 Å². The van der Waals surface area contributed by atoms with Crippen molar-refractivity contribution in [2.24, 2.45) is 0 Å². The molecule has 0 fully saturated rings. The first-order valence-corrected chi connectivity index (χ1v) is 6.68. The summed E-state index contributed by atoms with van der Waals surface area (Å²) in [5, 5.41) is 27.6. The molecule has 0 aromatic heterocycles. The number of rotatable bonds is 4. The zero-order valence-electron chi connectivity index (χ0n) is 12.5. The van der Waals surface area contributed by atoms with Gasteiger partial charge in [0, 0.05) is 0 Å². The molecule has 6 heteroatoms. The molecule has 0 heterocycles. The monoisotopic (exact) mass is 314 g/mol. The van der Waals surface area contributed by atoms with E-state index in [1.54, 1.807) is 19.9 Å². The molecule has 0 aliphatic rings. The van der Waals surface area contributed by atoms with Crippen molar-refractivity contribution in [1.82, 2.24) is 0 Å². The molecule has 3 N–H and O–H groups in total. The fourth-order valence-corrected chi connectivity index (χ4v) is 2.38. The largest absolute Gasteiger partial charge is 0.478 e. The highest BCUT2D eigenvalue weighted by atomic mass is 16.4. The lowest BCUT2D eigenvalue weighted by Crippen LogP contribution is -2.07. The normalized spacial score (nSPS) is 10.3. The number of benzene rings is 2. The predicted octanol–water partition coefficient (Wildman–Crippen LogP) is 3.07. The van der Waals surface area contributed by atoms with Crippen LogP contribution < -0.4 is 0 Å². The molecule has 0 saturated heterocycles. The summed E-state index contributed by atoms with van der Waals surface area (Å²) in [6.07, 6.45) is 0. The Hall–Kier alpha value is -3.15. The summed E-state index contributed by atoms with van der Waals surface area (Å²) < 4.78 is 0. The molecular formula is C17H14O6. The molecule has 0 aliphatic carbocycles. The van der Waals surface area contributed by atoms with Crippen LogP contribution in [-0.2, 0) is 0 Å². The van der Waals surface area contributed by atoms with Crippen molar-refractivity contribution in [1.29, 1.82) is 0 Å². The molecule has 0 radical (unpaired) electrons. The fraction of sp³-hybridized carbons (Fsp3) is 0.118. The molecule has 0 unspecified atom stereocenters. The van der Waals surface area contributed by atoms with Crippen molar-refractivity contribution < 1.29 is 29.7 Å². The maximum absolute atomic E-state index is 11.4. The van der Waals surface area contributed by atoms with Crippen LogP contribution in [0.25, 0.3) is 11.1 Å². The third kappa shape index (κ3) is 3.06.